The van der Waals surface area contributed by atoms with Gasteiger partial charge in [0.15, 0.2) is 8.32 Å². The van der Waals surface area contributed by atoms with Crippen LogP contribution >= 0.6 is 0 Å². The van der Waals surface area contributed by atoms with Crippen LogP contribution in [0.3, 0.4) is 0 Å². The molecule has 4 heteroatoms. The van der Waals surface area contributed by atoms with Gasteiger partial charge in [-0.3, -0.25) is 0 Å². The third kappa shape index (κ3) is 3.55. The first kappa shape index (κ1) is 14.2. The van der Waals surface area contributed by atoms with Crippen LogP contribution < -0.4 is 5.32 Å². The van der Waals surface area contributed by atoms with Gasteiger partial charge >= 0.3 is 0 Å². The van der Waals surface area contributed by atoms with Gasteiger partial charge in [-0.1, -0.05) is 20.8 Å². The van der Waals surface area contributed by atoms with E-state index in [0.29, 0.717) is 6.54 Å². The van der Waals surface area contributed by atoms with Gasteiger partial charge < -0.3 is 14.8 Å². The van der Waals surface area contributed by atoms with Gasteiger partial charge in [-0.2, -0.15) is 0 Å². The molecule has 0 aromatic carbocycles. The topological polar surface area (TPSA) is 41.5 Å². The van der Waals surface area contributed by atoms with Crippen LogP contribution in [0.2, 0.25) is 18.1 Å². The zero-order chi connectivity index (χ0) is 12.4. The zero-order valence-electron chi connectivity index (χ0n) is 11.3. The van der Waals surface area contributed by atoms with Crippen LogP contribution in [0.25, 0.3) is 0 Å². The fourth-order valence-corrected chi connectivity index (χ4v) is 3.08. The average molecular weight is 245 g/mol. The summed E-state index contributed by atoms with van der Waals surface area (Å²) in [6.45, 7) is 12.9. The summed E-state index contributed by atoms with van der Waals surface area (Å²) in [5, 5.41) is 13.5. The molecule has 0 aromatic heterocycles. The van der Waals surface area contributed by atoms with Crippen LogP contribution in [0.4, 0.5) is 0 Å². The van der Waals surface area contributed by atoms with E-state index in [0.717, 1.165) is 19.4 Å². The van der Waals surface area contributed by atoms with Gasteiger partial charge in [-0.05, 0) is 37.5 Å². The molecule has 0 radical (unpaired) electrons. The van der Waals surface area contributed by atoms with Gasteiger partial charge in [0.25, 0.3) is 0 Å². The van der Waals surface area contributed by atoms with Crippen LogP contribution in [0, 0.1) is 0 Å². The van der Waals surface area contributed by atoms with Crippen molar-refractivity contribution in [1.29, 1.82) is 0 Å². The molecule has 1 aliphatic rings. The molecule has 1 fully saturated rings. The minimum atomic E-state index is -1.74. The smallest absolute Gasteiger partial charge is 0.192 e. The molecule has 1 heterocycles. The standard InChI is InChI=1S/C12H27NO2Si/c1-12(2,3)16(4,5)15-11-7-6-8-13-9-10(11)14/h10-11,13-14H,6-9H2,1-5H3/t10-,11-/m0/s1. The summed E-state index contributed by atoms with van der Waals surface area (Å²) in [7, 11) is -1.74. The van der Waals surface area contributed by atoms with E-state index in [1.165, 1.54) is 0 Å². The first-order valence-electron chi connectivity index (χ1n) is 6.30. The molecule has 0 spiro atoms. The van der Waals surface area contributed by atoms with Crippen molar-refractivity contribution in [2.75, 3.05) is 13.1 Å². The Morgan fingerprint density at radius 3 is 2.50 bits per heavy atom. The van der Waals surface area contributed by atoms with E-state index in [2.05, 4.69) is 39.2 Å². The summed E-state index contributed by atoms with van der Waals surface area (Å²) in [6.07, 6.45) is 1.74. The second-order valence-electron chi connectivity index (χ2n) is 6.33. The molecule has 96 valence electrons. The Bertz CT molecular complexity index is 226. The van der Waals surface area contributed by atoms with Crippen molar-refractivity contribution in [3.63, 3.8) is 0 Å². The molecule has 1 aliphatic heterocycles. The monoisotopic (exact) mass is 245 g/mol. The number of hydrogen-bond donors (Lipinski definition) is 2. The molecule has 2 N–H and O–H groups in total. The maximum Gasteiger partial charge on any atom is 0.192 e. The van der Waals surface area contributed by atoms with Crippen molar-refractivity contribution in [1.82, 2.24) is 5.32 Å². The summed E-state index contributed by atoms with van der Waals surface area (Å²) in [5.74, 6) is 0. The Balaban J connectivity index is 2.64. The molecular formula is C12H27NO2Si. The fourth-order valence-electron chi connectivity index (χ4n) is 1.69. The van der Waals surface area contributed by atoms with Crippen LogP contribution in [0.5, 0.6) is 0 Å². The number of nitrogens with one attached hydrogen (secondary N) is 1. The molecule has 16 heavy (non-hydrogen) atoms. The van der Waals surface area contributed by atoms with Gasteiger partial charge in [-0.25, -0.2) is 0 Å². The number of aliphatic hydroxyl groups is 1. The largest absolute Gasteiger partial charge is 0.411 e. The molecule has 0 amide bonds. The summed E-state index contributed by atoms with van der Waals surface area (Å²) >= 11 is 0. The summed E-state index contributed by atoms with van der Waals surface area (Å²) in [4.78, 5) is 0. The van der Waals surface area contributed by atoms with Gasteiger partial charge in [0.05, 0.1) is 12.2 Å². The average Bonchev–Trinajstić information content (AvgIpc) is 2.30. The van der Waals surface area contributed by atoms with E-state index >= 15 is 0 Å². The highest BCUT2D eigenvalue weighted by Crippen LogP contribution is 2.38. The van der Waals surface area contributed by atoms with Crippen molar-refractivity contribution in [2.45, 2.75) is 64.0 Å². The summed E-state index contributed by atoms with van der Waals surface area (Å²) in [6, 6.07) is 0. The van der Waals surface area contributed by atoms with Crippen molar-refractivity contribution in [3.05, 3.63) is 0 Å². The molecule has 1 rings (SSSR count). The van der Waals surface area contributed by atoms with Crippen LogP contribution in [0.15, 0.2) is 0 Å². The number of hydrogen-bond acceptors (Lipinski definition) is 3. The molecule has 0 aromatic rings. The zero-order valence-corrected chi connectivity index (χ0v) is 12.3. The lowest BCUT2D eigenvalue weighted by molar-refractivity contribution is 0.0305. The number of rotatable bonds is 2. The lowest BCUT2D eigenvalue weighted by Gasteiger charge is -2.40. The van der Waals surface area contributed by atoms with Crippen LogP contribution in [-0.2, 0) is 4.43 Å². The van der Waals surface area contributed by atoms with Gasteiger partial charge in [-0.15, -0.1) is 0 Å². The maximum atomic E-state index is 10.0. The molecule has 0 saturated carbocycles. The van der Waals surface area contributed by atoms with E-state index in [9.17, 15) is 5.11 Å². The normalized spacial score (nSPS) is 28.9. The van der Waals surface area contributed by atoms with Crippen molar-refractivity contribution < 1.29 is 9.53 Å². The highest BCUT2D eigenvalue weighted by molar-refractivity contribution is 6.74. The third-order valence-electron chi connectivity index (χ3n) is 3.88. The lowest BCUT2D eigenvalue weighted by Crippen LogP contribution is -2.48. The van der Waals surface area contributed by atoms with Crippen molar-refractivity contribution in [3.8, 4) is 0 Å². The van der Waals surface area contributed by atoms with E-state index in [-0.39, 0.29) is 17.2 Å². The Hall–Kier alpha value is 0.0969. The van der Waals surface area contributed by atoms with E-state index in [1.807, 2.05) is 0 Å². The first-order valence-corrected chi connectivity index (χ1v) is 9.21. The second-order valence-corrected chi connectivity index (χ2v) is 11.1. The Morgan fingerprint density at radius 2 is 1.94 bits per heavy atom. The molecule has 0 unspecified atom stereocenters. The SMILES string of the molecule is CC(C)(C)[Si](C)(C)O[C@H]1CCCNC[C@@H]1O. The highest BCUT2D eigenvalue weighted by atomic mass is 28.4. The predicted octanol–water partition coefficient (Wildman–Crippen LogP) is 2.12. The van der Waals surface area contributed by atoms with E-state index < -0.39 is 8.32 Å². The number of aliphatic hydroxyl groups excluding tert-OH is 1. The number of β-amino-alcohol motifs (C(OH)–C–C–N with tert-alkyl or cyclic N) is 1. The Labute approximate surface area is 101 Å². The maximum absolute atomic E-state index is 10.0. The minimum Gasteiger partial charge on any atom is -0.411 e. The molecule has 2 atom stereocenters. The molecule has 0 bridgehead atoms. The second kappa shape index (κ2) is 5.17. The molecule has 3 nitrogen and oxygen atoms in total. The predicted molar refractivity (Wildman–Crippen MR) is 70.2 cm³/mol. The molecule has 0 aliphatic carbocycles. The van der Waals surface area contributed by atoms with Gasteiger partial charge in [0.2, 0.25) is 0 Å². The van der Waals surface area contributed by atoms with E-state index in [4.69, 9.17) is 4.43 Å². The minimum absolute atomic E-state index is 0.0240. The summed E-state index contributed by atoms with van der Waals surface area (Å²) in [5.41, 5.74) is 0. The van der Waals surface area contributed by atoms with Crippen molar-refractivity contribution in [2.24, 2.45) is 0 Å². The first-order chi connectivity index (χ1) is 7.24. The fraction of sp³-hybridized carbons (Fsp3) is 1.00. The molecule has 1 saturated heterocycles. The Morgan fingerprint density at radius 1 is 1.31 bits per heavy atom. The highest BCUT2D eigenvalue weighted by Gasteiger charge is 2.40. The van der Waals surface area contributed by atoms with Gasteiger partial charge in [0, 0.05) is 6.54 Å². The van der Waals surface area contributed by atoms with Crippen molar-refractivity contribution >= 4 is 8.32 Å². The summed E-state index contributed by atoms with van der Waals surface area (Å²) < 4.78 is 6.28. The van der Waals surface area contributed by atoms with Crippen LogP contribution in [0.1, 0.15) is 33.6 Å². The third-order valence-corrected chi connectivity index (χ3v) is 8.38. The Kier molecular flexibility index (Phi) is 4.57. The quantitative estimate of drug-likeness (QED) is 0.732. The lowest BCUT2D eigenvalue weighted by atomic mass is 10.1. The van der Waals surface area contributed by atoms with Gasteiger partial charge in [0.1, 0.15) is 0 Å². The van der Waals surface area contributed by atoms with E-state index in [1.54, 1.807) is 0 Å². The van der Waals surface area contributed by atoms with Crippen LogP contribution in [-0.4, -0.2) is 38.7 Å². The molecular weight excluding hydrogens is 218 g/mol.